The van der Waals surface area contributed by atoms with Crippen molar-refractivity contribution < 1.29 is 4.74 Å². The lowest BCUT2D eigenvalue weighted by molar-refractivity contribution is 0.0893. The fourth-order valence-electron chi connectivity index (χ4n) is 1.24. The predicted molar refractivity (Wildman–Crippen MR) is 31.3 cm³/mol. The fourth-order valence-corrected chi connectivity index (χ4v) is 2.73. The number of ether oxygens (including phenoxy) is 1. The normalized spacial score (nSPS) is 51.4. The molecule has 3 heterocycles. The lowest BCUT2D eigenvalue weighted by Crippen LogP contribution is -2.38. The van der Waals surface area contributed by atoms with Gasteiger partial charge in [-0.25, -0.2) is 0 Å². The molecule has 0 aromatic carbocycles. The SMILES string of the molecule is C1OCC2CC1P2. The molecular weight excluding hydrogens is 107 g/mol. The topological polar surface area (TPSA) is 9.23 Å². The molecule has 3 saturated heterocycles. The van der Waals surface area contributed by atoms with Crippen LogP contribution in [-0.2, 0) is 4.74 Å². The van der Waals surface area contributed by atoms with Gasteiger partial charge in [0.1, 0.15) is 0 Å². The third-order valence-corrected chi connectivity index (χ3v) is 3.43. The van der Waals surface area contributed by atoms with Crippen LogP contribution in [0.3, 0.4) is 0 Å². The minimum atomic E-state index is 0.985. The molecule has 0 aliphatic carbocycles. The Balaban J connectivity index is 1.99. The first-order valence-corrected chi connectivity index (χ1v) is 3.94. The van der Waals surface area contributed by atoms with Crippen LogP contribution in [0.2, 0.25) is 0 Å². The van der Waals surface area contributed by atoms with Crippen molar-refractivity contribution in [2.75, 3.05) is 13.2 Å². The average molecular weight is 116 g/mol. The van der Waals surface area contributed by atoms with Gasteiger partial charge in [-0.2, -0.15) is 0 Å². The van der Waals surface area contributed by atoms with Gasteiger partial charge < -0.3 is 4.74 Å². The average Bonchev–Trinajstić information content (AvgIpc) is 1.67. The van der Waals surface area contributed by atoms with E-state index in [9.17, 15) is 0 Å². The summed E-state index contributed by atoms with van der Waals surface area (Å²) in [7, 11) is 1.25. The van der Waals surface area contributed by atoms with Gasteiger partial charge in [0.05, 0.1) is 13.2 Å². The molecule has 0 radical (unpaired) electrons. The molecule has 3 aliphatic heterocycles. The Labute approximate surface area is 45.2 Å². The molecule has 40 valence electrons. The molecule has 2 unspecified atom stereocenters. The van der Waals surface area contributed by atoms with E-state index in [0.29, 0.717) is 0 Å². The van der Waals surface area contributed by atoms with Gasteiger partial charge in [0.25, 0.3) is 0 Å². The monoisotopic (exact) mass is 116 g/mol. The van der Waals surface area contributed by atoms with Gasteiger partial charge >= 0.3 is 0 Å². The van der Waals surface area contributed by atoms with E-state index in [1.807, 2.05) is 0 Å². The van der Waals surface area contributed by atoms with Gasteiger partial charge in [-0.3, -0.25) is 0 Å². The van der Waals surface area contributed by atoms with E-state index >= 15 is 0 Å². The third kappa shape index (κ3) is 0.595. The largest absolute Gasteiger partial charge is 0.380 e. The molecule has 7 heavy (non-hydrogen) atoms. The van der Waals surface area contributed by atoms with Crippen molar-refractivity contribution in [2.24, 2.45) is 0 Å². The Morgan fingerprint density at radius 3 is 2.00 bits per heavy atom. The maximum Gasteiger partial charge on any atom is 0.0531 e. The first-order chi connectivity index (χ1) is 3.45. The van der Waals surface area contributed by atoms with Crippen LogP contribution < -0.4 is 0 Å². The van der Waals surface area contributed by atoms with E-state index in [4.69, 9.17) is 4.74 Å². The number of rotatable bonds is 0. The maximum absolute atomic E-state index is 5.24. The molecule has 0 saturated carbocycles. The molecule has 3 rings (SSSR count). The van der Waals surface area contributed by atoms with Crippen LogP contribution in [0.25, 0.3) is 0 Å². The van der Waals surface area contributed by atoms with E-state index in [1.165, 1.54) is 15.0 Å². The zero-order valence-electron chi connectivity index (χ0n) is 4.18. The second kappa shape index (κ2) is 1.43. The van der Waals surface area contributed by atoms with Crippen LogP contribution >= 0.6 is 8.58 Å². The predicted octanol–water partition coefficient (Wildman–Crippen LogP) is 0.836. The molecular formula is C5H9OP. The zero-order valence-corrected chi connectivity index (χ0v) is 5.18. The van der Waals surface area contributed by atoms with Crippen molar-refractivity contribution >= 4 is 8.58 Å². The Kier molecular flexibility index (Phi) is 0.876. The van der Waals surface area contributed by atoms with E-state index in [0.717, 1.165) is 24.5 Å². The van der Waals surface area contributed by atoms with Crippen LogP contribution in [0.5, 0.6) is 0 Å². The Bertz CT molecular complexity index is 64.6. The van der Waals surface area contributed by atoms with Crippen LogP contribution in [0.1, 0.15) is 6.42 Å². The summed E-state index contributed by atoms with van der Waals surface area (Å²) in [5.41, 5.74) is 1.97. The molecule has 0 aromatic rings. The summed E-state index contributed by atoms with van der Waals surface area (Å²) in [6, 6.07) is 0. The smallest absolute Gasteiger partial charge is 0.0531 e. The van der Waals surface area contributed by atoms with E-state index in [-0.39, 0.29) is 0 Å². The first kappa shape index (κ1) is 4.29. The first-order valence-electron chi connectivity index (χ1n) is 2.79. The van der Waals surface area contributed by atoms with Gasteiger partial charge in [-0.1, -0.05) is 0 Å². The number of hydrogen-bond acceptors (Lipinski definition) is 1. The summed E-state index contributed by atoms with van der Waals surface area (Å²) in [6.07, 6.45) is 1.47. The van der Waals surface area contributed by atoms with Crippen LogP contribution in [0, 0.1) is 0 Å². The molecule has 2 heteroatoms. The van der Waals surface area contributed by atoms with Crippen LogP contribution in [0.15, 0.2) is 0 Å². The Morgan fingerprint density at radius 2 is 1.86 bits per heavy atom. The second-order valence-electron chi connectivity index (χ2n) is 2.33. The van der Waals surface area contributed by atoms with Crippen molar-refractivity contribution in [2.45, 2.75) is 17.7 Å². The highest BCUT2D eigenvalue weighted by atomic mass is 31.1. The molecule has 0 amide bonds. The number of fused-ring (bicyclic) bond motifs is 2. The molecule has 2 atom stereocenters. The highest BCUT2D eigenvalue weighted by molar-refractivity contribution is 7.41. The summed E-state index contributed by atoms with van der Waals surface area (Å²) in [6.45, 7) is 2.13. The minimum Gasteiger partial charge on any atom is -0.380 e. The second-order valence-corrected chi connectivity index (χ2v) is 4.30. The van der Waals surface area contributed by atoms with Crippen molar-refractivity contribution in [3.05, 3.63) is 0 Å². The molecule has 3 aliphatic rings. The number of hydrogen-bond donors (Lipinski definition) is 0. The highest BCUT2D eigenvalue weighted by Crippen LogP contribution is 2.46. The lowest BCUT2D eigenvalue weighted by atomic mass is 10.2. The molecule has 0 aromatic heterocycles. The van der Waals surface area contributed by atoms with Gasteiger partial charge in [0.2, 0.25) is 0 Å². The van der Waals surface area contributed by atoms with Crippen molar-refractivity contribution in [3.8, 4) is 0 Å². The zero-order chi connectivity index (χ0) is 4.69. The summed E-state index contributed by atoms with van der Waals surface area (Å²) < 4.78 is 5.24. The fraction of sp³-hybridized carbons (Fsp3) is 1.00. The lowest BCUT2D eigenvalue weighted by Gasteiger charge is -2.40. The van der Waals surface area contributed by atoms with E-state index in [2.05, 4.69) is 0 Å². The molecule has 2 bridgehead atoms. The molecule has 0 spiro atoms. The van der Waals surface area contributed by atoms with E-state index in [1.54, 1.807) is 0 Å². The quantitative estimate of drug-likeness (QED) is 0.426. The molecule has 1 nitrogen and oxygen atoms in total. The van der Waals surface area contributed by atoms with Crippen molar-refractivity contribution in [1.29, 1.82) is 0 Å². The summed E-state index contributed by atoms with van der Waals surface area (Å²) in [5, 5.41) is 0. The van der Waals surface area contributed by atoms with Gasteiger partial charge in [-0.05, 0) is 6.42 Å². The molecule has 0 N–H and O–H groups in total. The standard InChI is InChI=1S/C5H9OP/c1-4-2-6-3-5(1)7-4/h4-5,7H,1-3H2. The van der Waals surface area contributed by atoms with Crippen molar-refractivity contribution in [3.63, 3.8) is 0 Å². The summed E-state index contributed by atoms with van der Waals surface area (Å²) in [4.78, 5) is 0. The van der Waals surface area contributed by atoms with Gasteiger partial charge in [0.15, 0.2) is 0 Å². The van der Waals surface area contributed by atoms with Crippen LogP contribution in [0.4, 0.5) is 0 Å². The highest BCUT2D eigenvalue weighted by Gasteiger charge is 2.33. The van der Waals surface area contributed by atoms with Gasteiger partial charge in [0, 0.05) is 11.3 Å². The maximum atomic E-state index is 5.24. The summed E-state index contributed by atoms with van der Waals surface area (Å²) in [5.74, 6) is 0. The third-order valence-electron chi connectivity index (χ3n) is 1.68. The van der Waals surface area contributed by atoms with E-state index < -0.39 is 0 Å². The Morgan fingerprint density at radius 1 is 1.29 bits per heavy atom. The van der Waals surface area contributed by atoms with Gasteiger partial charge in [-0.15, -0.1) is 8.58 Å². The molecule has 3 fully saturated rings. The van der Waals surface area contributed by atoms with Crippen molar-refractivity contribution in [1.82, 2.24) is 0 Å². The van der Waals surface area contributed by atoms with Crippen LogP contribution in [-0.4, -0.2) is 24.5 Å². The minimum absolute atomic E-state index is 0.985. The summed E-state index contributed by atoms with van der Waals surface area (Å²) >= 11 is 0. The Hall–Kier alpha value is 0.390.